The number of aromatic nitrogens is 2. The van der Waals surface area contributed by atoms with Crippen LogP contribution in [0.5, 0.6) is 5.88 Å². The van der Waals surface area contributed by atoms with Gasteiger partial charge in [0.15, 0.2) is 0 Å². The second kappa shape index (κ2) is 6.51. The number of hydrogen-bond donors (Lipinski definition) is 2. The fourth-order valence-electron chi connectivity index (χ4n) is 2.41. The van der Waals surface area contributed by atoms with Gasteiger partial charge in [-0.15, -0.1) is 0 Å². The van der Waals surface area contributed by atoms with Gasteiger partial charge >= 0.3 is 0 Å². The van der Waals surface area contributed by atoms with Crippen molar-refractivity contribution in [2.75, 3.05) is 24.6 Å². The van der Waals surface area contributed by atoms with E-state index in [1.165, 1.54) is 6.33 Å². The molecule has 1 unspecified atom stereocenters. The first-order chi connectivity index (χ1) is 9.61. The zero-order valence-electron chi connectivity index (χ0n) is 11.5. The fourth-order valence-corrected chi connectivity index (χ4v) is 2.41. The summed E-state index contributed by atoms with van der Waals surface area (Å²) in [6, 6.07) is 1.80. The molecule has 1 atom stereocenters. The Labute approximate surface area is 117 Å². The minimum absolute atomic E-state index is 0.0723. The predicted molar refractivity (Wildman–Crippen MR) is 73.3 cm³/mol. The van der Waals surface area contributed by atoms with E-state index in [9.17, 15) is 9.90 Å². The minimum atomic E-state index is -1.05. The number of nitrogens with zero attached hydrogens (tertiary/aromatic N) is 3. The van der Waals surface area contributed by atoms with Crippen LogP contribution in [0.15, 0.2) is 12.4 Å². The van der Waals surface area contributed by atoms with E-state index < -0.39 is 12.0 Å². The maximum absolute atomic E-state index is 11.0. The Bertz CT molecular complexity index is 461. The molecule has 0 radical (unpaired) electrons. The Morgan fingerprint density at radius 2 is 2.25 bits per heavy atom. The Hall–Kier alpha value is -1.89. The fraction of sp³-hybridized carbons (Fsp3) is 0.615. The van der Waals surface area contributed by atoms with Crippen LogP contribution in [0.25, 0.3) is 0 Å². The molecule has 7 nitrogen and oxygen atoms in total. The number of carbonyl (C=O) groups excluding carboxylic acids is 1. The lowest BCUT2D eigenvalue weighted by Crippen LogP contribution is -2.43. The summed E-state index contributed by atoms with van der Waals surface area (Å²) < 4.78 is 5.35. The highest BCUT2D eigenvalue weighted by molar-refractivity contribution is 5.78. The molecule has 1 aromatic heterocycles. The van der Waals surface area contributed by atoms with Gasteiger partial charge in [-0.25, -0.2) is 9.97 Å². The predicted octanol–water partition coefficient (Wildman–Crippen LogP) is -0.0621. The smallest absolute Gasteiger partial charge is 0.246 e. The molecule has 110 valence electrons. The lowest BCUT2D eigenvalue weighted by atomic mass is 9.91. The highest BCUT2D eigenvalue weighted by Gasteiger charge is 2.28. The Kier molecular flexibility index (Phi) is 4.73. The second-order valence-electron chi connectivity index (χ2n) is 4.82. The van der Waals surface area contributed by atoms with Crippen molar-refractivity contribution in [3.05, 3.63) is 12.4 Å². The first kappa shape index (κ1) is 14.5. The van der Waals surface area contributed by atoms with Gasteiger partial charge in [0.1, 0.15) is 18.2 Å². The number of rotatable bonds is 5. The number of aliphatic hydroxyl groups excluding tert-OH is 1. The van der Waals surface area contributed by atoms with Crippen molar-refractivity contribution in [1.82, 2.24) is 9.97 Å². The summed E-state index contributed by atoms with van der Waals surface area (Å²) in [7, 11) is 0. The third-order valence-corrected chi connectivity index (χ3v) is 3.52. The van der Waals surface area contributed by atoms with E-state index in [2.05, 4.69) is 14.9 Å². The van der Waals surface area contributed by atoms with Crippen LogP contribution in [0, 0.1) is 5.92 Å². The minimum Gasteiger partial charge on any atom is -0.478 e. The number of hydrogen-bond acceptors (Lipinski definition) is 6. The second-order valence-corrected chi connectivity index (χ2v) is 4.82. The van der Waals surface area contributed by atoms with Crippen molar-refractivity contribution in [2.24, 2.45) is 11.7 Å². The first-order valence-electron chi connectivity index (χ1n) is 6.79. The molecule has 1 amide bonds. The molecule has 20 heavy (non-hydrogen) atoms. The Morgan fingerprint density at radius 1 is 1.55 bits per heavy atom. The normalized spacial score (nSPS) is 17.8. The van der Waals surface area contributed by atoms with Gasteiger partial charge in [-0.1, -0.05) is 0 Å². The summed E-state index contributed by atoms with van der Waals surface area (Å²) >= 11 is 0. The van der Waals surface area contributed by atoms with Gasteiger partial charge in [-0.05, 0) is 25.7 Å². The molecule has 7 heteroatoms. The average molecular weight is 280 g/mol. The molecular formula is C13H20N4O3. The number of anilines is 1. The summed E-state index contributed by atoms with van der Waals surface area (Å²) in [5.41, 5.74) is 5.13. The van der Waals surface area contributed by atoms with Crippen LogP contribution in [0.1, 0.15) is 19.8 Å². The van der Waals surface area contributed by atoms with E-state index in [4.69, 9.17) is 10.5 Å². The zero-order chi connectivity index (χ0) is 14.5. The third kappa shape index (κ3) is 3.36. The molecule has 0 saturated carbocycles. The number of primary amides is 1. The number of nitrogens with two attached hydrogens (primary N) is 1. The van der Waals surface area contributed by atoms with Gasteiger partial charge in [0, 0.05) is 19.2 Å². The molecule has 3 N–H and O–H groups in total. The van der Waals surface area contributed by atoms with Gasteiger partial charge in [0.05, 0.1) is 6.61 Å². The van der Waals surface area contributed by atoms with Gasteiger partial charge in [0.25, 0.3) is 0 Å². The number of aliphatic hydroxyl groups is 1. The summed E-state index contributed by atoms with van der Waals surface area (Å²) in [5.74, 6) is 0.633. The van der Waals surface area contributed by atoms with E-state index >= 15 is 0 Å². The molecule has 1 aliphatic rings. The maximum Gasteiger partial charge on any atom is 0.246 e. The molecule has 1 fully saturated rings. The number of piperidine rings is 1. The molecule has 2 rings (SSSR count). The lowest BCUT2D eigenvalue weighted by Gasteiger charge is -2.34. The highest BCUT2D eigenvalue weighted by Crippen LogP contribution is 2.25. The van der Waals surface area contributed by atoms with Crippen LogP contribution >= 0.6 is 0 Å². The molecule has 0 aliphatic carbocycles. The molecule has 1 aromatic rings. The molecule has 0 bridgehead atoms. The van der Waals surface area contributed by atoms with Crippen LogP contribution in [0.3, 0.4) is 0 Å². The largest absolute Gasteiger partial charge is 0.478 e. The maximum atomic E-state index is 11.0. The number of amides is 1. The number of carbonyl (C=O) groups is 1. The summed E-state index contributed by atoms with van der Waals surface area (Å²) in [6.45, 7) is 3.90. The Balaban J connectivity index is 1.96. The van der Waals surface area contributed by atoms with E-state index in [1.807, 2.05) is 6.92 Å². The van der Waals surface area contributed by atoms with Crippen molar-refractivity contribution >= 4 is 11.7 Å². The number of ether oxygens (including phenoxy) is 1. The van der Waals surface area contributed by atoms with Crippen molar-refractivity contribution < 1.29 is 14.6 Å². The first-order valence-corrected chi connectivity index (χ1v) is 6.79. The topological polar surface area (TPSA) is 102 Å². The van der Waals surface area contributed by atoms with Crippen molar-refractivity contribution in [2.45, 2.75) is 25.9 Å². The summed E-state index contributed by atoms with van der Waals surface area (Å²) in [5, 5.41) is 9.68. The van der Waals surface area contributed by atoms with Crippen molar-refractivity contribution in [3.63, 3.8) is 0 Å². The standard InChI is InChI=1S/C13H20N4O3/c1-2-20-11-7-10(15-8-16-11)17-5-3-9(4-6-17)12(18)13(14)19/h7-9,12,18H,2-6H2,1H3,(H2,14,19). The summed E-state index contributed by atoms with van der Waals surface area (Å²) in [6.07, 6.45) is 1.84. The zero-order valence-corrected chi connectivity index (χ0v) is 11.5. The van der Waals surface area contributed by atoms with E-state index in [-0.39, 0.29) is 5.92 Å². The van der Waals surface area contributed by atoms with Gasteiger partial charge in [-0.2, -0.15) is 0 Å². The van der Waals surface area contributed by atoms with Crippen LogP contribution < -0.4 is 15.4 Å². The van der Waals surface area contributed by atoms with Crippen LogP contribution in [-0.4, -0.2) is 46.8 Å². The van der Waals surface area contributed by atoms with Crippen LogP contribution in [0.4, 0.5) is 5.82 Å². The van der Waals surface area contributed by atoms with E-state index in [1.54, 1.807) is 6.07 Å². The van der Waals surface area contributed by atoms with Gasteiger partial charge in [-0.3, -0.25) is 4.79 Å². The molecular weight excluding hydrogens is 260 g/mol. The van der Waals surface area contributed by atoms with E-state index in [0.717, 1.165) is 18.9 Å². The quantitative estimate of drug-likeness (QED) is 0.783. The van der Waals surface area contributed by atoms with E-state index in [0.29, 0.717) is 25.3 Å². The molecule has 2 heterocycles. The van der Waals surface area contributed by atoms with Gasteiger partial charge in [0.2, 0.25) is 11.8 Å². The third-order valence-electron chi connectivity index (χ3n) is 3.52. The van der Waals surface area contributed by atoms with Crippen molar-refractivity contribution in [1.29, 1.82) is 0 Å². The molecule has 0 aromatic carbocycles. The molecule has 1 aliphatic heterocycles. The van der Waals surface area contributed by atoms with Crippen LogP contribution in [0.2, 0.25) is 0 Å². The van der Waals surface area contributed by atoms with Crippen LogP contribution in [-0.2, 0) is 4.79 Å². The average Bonchev–Trinajstić information content (AvgIpc) is 2.47. The summed E-state index contributed by atoms with van der Waals surface area (Å²) in [4.78, 5) is 21.3. The van der Waals surface area contributed by atoms with Gasteiger partial charge < -0.3 is 20.5 Å². The SMILES string of the molecule is CCOc1cc(N2CCC(C(O)C(N)=O)CC2)ncn1. The van der Waals surface area contributed by atoms with Crippen molar-refractivity contribution in [3.8, 4) is 5.88 Å². The Morgan fingerprint density at radius 3 is 2.85 bits per heavy atom. The monoisotopic (exact) mass is 280 g/mol. The molecule has 1 saturated heterocycles. The molecule has 0 spiro atoms. The lowest BCUT2D eigenvalue weighted by molar-refractivity contribution is -0.129. The highest BCUT2D eigenvalue weighted by atomic mass is 16.5.